The van der Waals surface area contributed by atoms with E-state index in [-0.39, 0.29) is 0 Å². The summed E-state index contributed by atoms with van der Waals surface area (Å²) in [6, 6.07) is 0. The fourth-order valence-corrected chi connectivity index (χ4v) is 3.41. The Bertz CT molecular complexity index is 91.6. The Morgan fingerprint density at radius 1 is 1.11 bits per heavy atom. The molecule has 0 saturated heterocycles. The molecule has 0 aliphatic carbocycles. The molecule has 0 rings (SSSR count). The van der Waals surface area contributed by atoms with Crippen molar-refractivity contribution in [1.82, 2.24) is 0 Å². The minimum atomic E-state index is 0.349. The predicted molar refractivity (Wildman–Crippen MR) is 77.5 cm³/mol. The third kappa shape index (κ3) is 3.90. The van der Waals surface area contributed by atoms with Crippen LogP contribution in [-0.2, 0) is 0 Å². The molecule has 0 amide bonds. The standard InChI is InChI=1S/C5H8I4/c1-4(2,3-6)5(7,8)9/h3H2,1-2H3. The molecule has 0 spiro atoms. The smallest absolute Gasteiger partial charge is 0.0857 e. The van der Waals surface area contributed by atoms with Gasteiger partial charge in [-0.2, -0.15) is 0 Å². The number of rotatable bonds is 2. The van der Waals surface area contributed by atoms with E-state index in [1.54, 1.807) is 0 Å². The molecule has 0 aliphatic heterocycles. The Morgan fingerprint density at radius 2 is 1.44 bits per heavy atom. The molecule has 0 aromatic rings. The van der Waals surface area contributed by atoms with E-state index in [4.69, 9.17) is 0 Å². The van der Waals surface area contributed by atoms with E-state index in [9.17, 15) is 0 Å². The van der Waals surface area contributed by atoms with Crippen LogP contribution in [0.1, 0.15) is 13.8 Å². The summed E-state index contributed by atoms with van der Waals surface area (Å²) in [7, 11) is 0. The summed E-state index contributed by atoms with van der Waals surface area (Å²) in [5.41, 5.74) is 0.426. The highest BCUT2D eigenvalue weighted by molar-refractivity contribution is 14.3. The zero-order valence-corrected chi connectivity index (χ0v) is 13.8. The highest BCUT2D eigenvalue weighted by Gasteiger charge is 2.36. The van der Waals surface area contributed by atoms with Crippen LogP contribution in [0.15, 0.2) is 0 Å². The maximum Gasteiger partial charge on any atom is 0.130 e. The Labute approximate surface area is 111 Å². The van der Waals surface area contributed by atoms with Gasteiger partial charge in [-0.1, -0.05) is 104 Å². The lowest BCUT2D eigenvalue weighted by molar-refractivity contribution is 0.490. The molecular formula is C5H8I4. The summed E-state index contributed by atoms with van der Waals surface area (Å²) >= 11 is 9.90. The van der Waals surface area contributed by atoms with Gasteiger partial charge in [0.25, 0.3) is 0 Å². The second-order valence-electron chi connectivity index (χ2n) is 2.52. The zero-order chi connectivity index (χ0) is 7.71. The minimum Gasteiger partial charge on any atom is -0.0857 e. The van der Waals surface area contributed by atoms with E-state index in [1.807, 2.05) is 0 Å². The maximum atomic E-state index is 2.49. The van der Waals surface area contributed by atoms with Gasteiger partial charge in [-0.05, 0) is 0 Å². The van der Waals surface area contributed by atoms with Gasteiger partial charge in [-0.15, -0.1) is 0 Å². The molecule has 0 atom stereocenters. The van der Waals surface area contributed by atoms with Crippen molar-refractivity contribution in [2.45, 2.75) is 13.3 Å². The maximum absolute atomic E-state index is 2.49. The lowest BCUT2D eigenvalue weighted by Gasteiger charge is -2.31. The van der Waals surface area contributed by atoms with Crippen LogP contribution in [0, 0.1) is 5.41 Å². The molecule has 0 saturated carbocycles. The first-order chi connectivity index (χ1) is 3.81. The van der Waals surface area contributed by atoms with E-state index in [0.29, 0.717) is 4.85 Å². The minimum absolute atomic E-state index is 0.349. The lowest BCUT2D eigenvalue weighted by Crippen LogP contribution is -2.28. The molecule has 0 nitrogen and oxygen atoms in total. The Kier molecular flexibility index (Phi) is 5.62. The van der Waals surface area contributed by atoms with Gasteiger partial charge >= 0.3 is 0 Å². The number of hydrogen-bond donors (Lipinski definition) is 0. The van der Waals surface area contributed by atoms with E-state index >= 15 is 0 Å². The lowest BCUT2D eigenvalue weighted by atomic mass is 10.0. The highest BCUT2D eigenvalue weighted by Crippen LogP contribution is 2.51. The summed E-state index contributed by atoms with van der Waals surface area (Å²) in [5, 5.41) is 0. The second-order valence-corrected chi connectivity index (χ2v) is 14.3. The third-order valence-corrected chi connectivity index (χ3v) is 7.39. The molecule has 0 bridgehead atoms. The third-order valence-electron chi connectivity index (χ3n) is 1.10. The normalized spacial score (nSPS) is 14.0. The van der Waals surface area contributed by atoms with Crippen molar-refractivity contribution in [2.24, 2.45) is 5.41 Å². The van der Waals surface area contributed by atoms with Crippen LogP contribution >= 0.6 is 90.4 Å². The molecule has 0 unspecified atom stereocenters. The molecule has 9 heavy (non-hydrogen) atoms. The molecule has 0 N–H and O–H groups in total. The van der Waals surface area contributed by atoms with E-state index < -0.39 is 0 Å². The van der Waals surface area contributed by atoms with Gasteiger partial charge in [-0.3, -0.25) is 0 Å². The summed E-state index contributed by atoms with van der Waals surface area (Å²) in [4.78, 5) is 0. The molecule has 0 aromatic carbocycles. The molecule has 56 valence electrons. The average Bonchev–Trinajstić information content (AvgIpc) is 1.64. The molecule has 0 aliphatic rings. The van der Waals surface area contributed by atoms with Crippen LogP contribution in [0.5, 0.6) is 0 Å². The van der Waals surface area contributed by atoms with Crippen molar-refractivity contribution in [3.63, 3.8) is 0 Å². The van der Waals surface area contributed by atoms with E-state index in [1.165, 1.54) is 4.43 Å². The molecular weight excluding hydrogens is 568 g/mol. The van der Waals surface area contributed by atoms with Crippen LogP contribution in [0.2, 0.25) is 0 Å². The SMILES string of the molecule is CC(C)(CI)C(I)(I)I. The molecule has 0 radical (unpaired) electrons. The largest absolute Gasteiger partial charge is 0.130 e. The van der Waals surface area contributed by atoms with Crippen molar-refractivity contribution in [2.75, 3.05) is 4.43 Å². The van der Waals surface area contributed by atoms with Crippen LogP contribution in [0.4, 0.5) is 0 Å². The predicted octanol–water partition coefficient (Wildman–Crippen LogP) is 4.41. The van der Waals surface area contributed by atoms with Crippen molar-refractivity contribution in [3.8, 4) is 0 Å². The monoisotopic (exact) mass is 576 g/mol. The van der Waals surface area contributed by atoms with Crippen molar-refractivity contribution in [1.29, 1.82) is 0 Å². The second kappa shape index (κ2) is 4.24. The quantitative estimate of drug-likeness (QED) is 0.338. The van der Waals surface area contributed by atoms with Gasteiger partial charge in [0.15, 0.2) is 0 Å². The van der Waals surface area contributed by atoms with Crippen LogP contribution in [-0.4, -0.2) is 3.86 Å². The molecule has 0 fully saturated rings. The summed E-state index contributed by atoms with van der Waals surface area (Å²) < 4.78 is 1.56. The average molecular weight is 576 g/mol. The fourth-order valence-electron chi connectivity index (χ4n) is 0.0758. The van der Waals surface area contributed by atoms with Crippen LogP contribution in [0.25, 0.3) is 0 Å². The van der Waals surface area contributed by atoms with Crippen molar-refractivity contribution in [3.05, 3.63) is 0 Å². The Morgan fingerprint density at radius 3 is 1.44 bits per heavy atom. The number of halogens is 4. The summed E-state index contributed by atoms with van der Waals surface area (Å²) in [6.07, 6.45) is 0. The van der Waals surface area contributed by atoms with Gasteiger partial charge < -0.3 is 0 Å². The first-order valence-corrected chi connectivity index (χ1v) is 7.20. The number of alkyl halides is 4. The van der Waals surface area contributed by atoms with Gasteiger partial charge in [0.05, 0.1) is 0 Å². The topological polar surface area (TPSA) is 0 Å². The van der Waals surface area contributed by atoms with Gasteiger partial charge in [0.2, 0.25) is 0 Å². The molecule has 0 aromatic heterocycles. The molecule has 4 heteroatoms. The first-order valence-electron chi connectivity index (χ1n) is 2.44. The van der Waals surface area contributed by atoms with Crippen LogP contribution in [0.3, 0.4) is 0 Å². The van der Waals surface area contributed by atoms with Gasteiger partial charge in [-0.25, -0.2) is 0 Å². The molecule has 0 heterocycles. The van der Waals surface area contributed by atoms with E-state index in [2.05, 4.69) is 104 Å². The Balaban J connectivity index is 4.14. The van der Waals surface area contributed by atoms with Crippen molar-refractivity contribution < 1.29 is 0 Å². The van der Waals surface area contributed by atoms with Crippen molar-refractivity contribution >= 4 is 90.4 Å². The fraction of sp³-hybridized carbons (Fsp3) is 1.00. The zero-order valence-electron chi connectivity index (χ0n) is 5.22. The van der Waals surface area contributed by atoms with Gasteiger partial charge in [0.1, 0.15) is -0.565 Å². The summed E-state index contributed by atoms with van der Waals surface area (Å²) in [5.74, 6) is 0. The highest BCUT2D eigenvalue weighted by atomic mass is 127. The van der Waals surface area contributed by atoms with Gasteiger partial charge in [0, 0.05) is 9.84 Å². The first kappa shape index (κ1) is 11.9. The van der Waals surface area contributed by atoms with E-state index in [0.717, 1.165) is 0 Å². The summed E-state index contributed by atoms with van der Waals surface area (Å²) in [6.45, 7) is 4.59. The van der Waals surface area contributed by atoms with Crippen LogP contribution < -0.4 is 0 Å². The number of hydrogen-bond acceptors (Lipinski definition) is 0. The Hall–Kier alpha value is 2.92.